The van der Waals surface area contributed by atoms with Crippen molar-refractivity contribution in [3.8, 4) is 5.75 Å². The molecule has 0 spiro atoms. The quantitative estimate of drug-likeness (QED) is 0.707. The molecule has 0 fully saturated rings. The highest BCUT2D eigenvalue weighted by molar-refractivity contribution is 5.79. The number of fused-ring (bicyclic) bond motifs is 1. The predicted octanol–water partition coefficient (Wildman–Crippen LogP) is 2.67. The van der Waals surface area contributed by atoms with E-state index in [1.165, 1.54) is 0 Å². The first-order chi connectivity index (χ1) is 13.3. The van der Waals surface area contributed by atoms with E-state index in [0.717, 1.165) is 34.8 Å². The van der Waals surface area contributed by atoms with E-state index in [1.54, 1.807) is 6.33 Å². The Balaban J connectivity index is 1.42. The number of carbonyl (C=O) groups excluding carboxylic acids is 1. The summed E-state index contributed by atoms with van der Waals surface area (Å²) in [5, 5.41) is 2.98. The van der Waals surface area contributed by atoms with Gasteiger partial charge in [0.1, 0.15) is 12.4 Å². The Kier molecular flexibility index (Phi) is 5.05. The van der Waals surface area contributed by atoms with Crippen molar-refractivity contribution < 1.29 is 9.53 Å². The van der Waals surface area contributed by atoms with Crippen LogP contribution in [0.15, 0.2) is 61.1 Å². The number of anilines is 1. The number of rotatable bonds is 6. The van der Waals surface area contributed by atoms with Gasteiger partial charge in [0.05, 0.1) is 37.2 Å². The van der Waals surface area contributed by atoms with Crippen LogP contribution in [0.25, 0.3) is 0 Å². The van der Waals surface area contributed by atoms with Gasteiger partial charge >= 0.3 is 0 Å². The molecule has 138 valence electrons. The fourth-order valence-electron chi connectivity index (χ4n) is 3.21. The minimum atomic E-state index is 0.00869. The van der Waals surface area contributed by atoms with Crippen LogP contribution < -0.4 is 15.0 Å². The maximum Gasteiger partial charge on any atom is 0.224 e. The number of amides is 1. The fourth-order valence-corrected chi connectivity index (χ4v) is 3.21. The summed E-state index contributed by atoms with van der Waals surface area (Å²) in [7, 11) is 0. The molecule has 0 saturated heterocycles. The lowest BCUT2D eigenvalue weighted by Gasteiger charge is -2.31. The third-order valence-electron chi connectivity index (χ3n) is 4.59. The minimum absolute atomic E-state index is 0.00869. The molecule has 2 heterocycles. The molecule has 3 aromatic rings. The largest absolute Gasteiger partial charge is 0.490 e. The first-order valence-electron chi connectivity index (χ1n) is 9.07. The first kappa shape index (κ1) is 17.1. The van der Waals surface area contributed by atoms with Gasteiger partial charge in [0.15, 0.2) is 0 Å². The van der Waals surface area contributed by atoms with E-state index < -0.39 is 0 Å². The van der Waals surface area contributed by atoms with Crippen molar-refractivity contribution in [1.29, 1.82) is 0 Å². The Labute approximate surface area is 158 Å². The Bertz CT molecular complexity index is 894. The van der Waals surface area contributed by atoms with E-state index in [4.69, 9.17) is 4.74 Å². The molecular formula is C21H22N4O2. The standard InChI is InChI=1S/C21H22N4O2/c26-21(23-12-16-4-2-1-3-5-16)11-17-6-7-20-19(10-17)25(8-9-27-20)14-18-13-22-15-24-18/h1-7,10,13,15H,8-9,11-12,14H2,(H,22,24)(H,23,26). The molecule has 1 aromatic heterocycles. The Morgan fingerprint density at radius 2 is 2.07 bits per heavy atom. The molecule has 1 aliphatic heterocycles. The van der Waals surface area contributed by atoms with Crippen molar-refractivity contribution in [3.05, 3.63) is 77.9 Å². The number of H-pyrrole nitrogens is 1. The number of hydrogen-bond acceptors (Lipinski definition) is 4. The zero-order valence-corrected chi connectivity index (χ0v) is 15.0. The number of aromatic amines is 1. The first-order valence-corrected chi connectivity index (χ1v) is 9.07. The molecule has 0 atom stereocenters. The van der Waals surface area contributed by atoms with Crippen molar-refractivity contribution in [2.24, 2.45) is 0 Å². The van der Waals surface area contributed by atoms with E-state index >= 15 is 0 Å². The molecule has 27 heavy (non-hydrogen) atoms. The molecule has 2 N–H and O–H groups in total. The van der Waals surface area contributed by atoms with Gasteiger partial charge in [-0.05, 0) is 23.3 Å². The van der Waals surface area contributed by atoms with Gasteiger partial charge in [0, 0.05) is 12.7 Å². The Morgan fingerprint density at radius 1 is 1.19 bits per heavy atom. The molecule has 6 heteroatoms. The summed E-state index contributed by atoms with van der Waals surface area (Å²) in [6.07, 6.45) is 3.93. The van der Waals surface area contributed by atoms with E-state index in [1.807, 2.05) is 54.7 Å². The van der Waals surface area contributed by atoms with E-state index in [2.05, 4.69) is 20.2 Å². The van der Waals surface area contributed by atoms with Crippen LogP contribution in [0.1, 0.15) is 16.8 Å². The van der Waals surface area contributed by atoms with Gasteiger partial charge < -0.3 is 19.9 Å². The highest BCUT2D eigenvalue weighted by atomic mass is 16.5. The van der Waals surface area contributed by atoms with Crippen molar-refractivity contribution in [2.75, 3.05) is 18.1 Å². The van der Waals surface area contributed by atoms with Crippen LogP contribution in [0.4, 0.5) is 5.69 Å². The average molecular weight is 362 g/mol. The lowest BCUT2D eigenvalue weighted by molar-refractivity contribution is -0.120. The molecule has 0 bridgehead atoms. The summed E-state index contributed by atoms with van der Waals surface area (Å²) in [5.41, 5.74) is 4.05. The van der Waals surface area contributed by atoms with Gasteiger partial charge in [0.25, 0.3) is 0 Å². The van der Waals surface area contributed by atoms with E-state index in [9.17, 15) is 4.79 Å². The molecule has 0 unspecified atom stereocenters. The topological polar surface area (TPSA) is 70.2 Å². The van der Waals surface area contributed by atoms with Gasteiger partial charge in [-0.15, -0.1) is 0 Å². The SMILES string of the molecule is O=C(Cc1ccc2c(c1)N(Cc1c[nH]cn1)CCO2)NCc1ccccc1. The van der Waals surface area contributed by atoms with Gasteiger partial charge in [-0.2, -0.15) is 0 Å². The second-order valence-electron chi connectivity index (χ2n) is 6.57. The molecule has 4 rings (SSSR count). The summed E-state index contributed by atoms with van der Waals surface area (Å²) in [6.45, 7) is 2.69. The maximum atomic E-state index is 12.3. The van der Waals surface area contributed by atoms with Crippen molar-refractivity contribution >= 4 is 11.6 Å². The van der Waals surface area contributed by atoms with Crippen LogP contribution in [0, 0.1) is 0 Å². The van der Waals surface area contributed by atoms with Crippen LogP contribution in [-0.4, -0.2) is 29.0 Å². The monoisotopic (exact) mass is 362 g/mol. The maximum absolute atomic E-state index is 12.3. The van der Waals surface area contributed by atoms with Crippen molar-refractivity contribution in [2.45, 2.75) is 19.5 Å². The molecule has 0 aliphatic carbocycles. The van der Waals surface area contributed by atoms with Crippen LogP contribution >= 0.6 is 0 Å². The molecule has 6 nitrogen and oxygen atoms in total. The number of nitrogens with one attached hydrogen (secondary N) is 2. The van der Waals surface area contributed by atoms with Crippen LogP contribution in [-0.2, 0) is 24.3 Å². The number of aromatic nitrogens is 2. The normalized spacial score (nSPS) is 13.0. The number of imidazole rings is 1. The van der Waals surface area contributed by atoms with Crippen LogP contribution in [0.3, 0.4) is 0 Å². The Morgan fingerprint density at radius 3 is 2.89 bits per heavy atom. The summed E-state index contributed by atoms with van der Waals surface area (Å²) in [5.74, 6) is 0.861. The van der Waals surface area contributed by atoms with Gasteiger partial charge in [-0.1, -0.05) is 36.4 Å². The third kappa shape index (κ3) is 4.28. The van der Waals surface area contributed by atoms with Gasteiger partial charge in [-0.3, -0.25) is 4.79 Å². The molecule has 0 radical (unpaired) electrons. The number of hydrogen-bond donors (Lipinski definition) is 2. The number of ether oxygens (including phenoxy) is 1. The average Bonchev–Trinajstić information content (AvgIpc) is 3.21. The highest BCUT2D eigenvalue weighted by Crippen LogP contribution is 2.33. The minimum Gasteiger partial charge on any atom is -0.490 e. The zero-order valence-electron chi connectivity index (χ0n) is 15.0. The van der Waals surface area contributed by atoms with Crippen LogP contribution in [0.5, 0.6) is 5.75 Å². The Hall–Kier alpha value is -3.28. The van der Waals surface area contributed by atoms with Gasteiger partial charge in [0.2, 0.25) is 5.91 Å². The number of carbonyl (C=O) groups is 1. The molecule has 2 aromatic carbocycles. The van der Waals surface area contributed by atoms with E-state index in [0.29, 0.717) is 26.1 Å². The second kappa shape index (κ2) is 7.95. The summed E-state index contributed by atoms with van der Waals surface area (Å²) >= 11 is 0. The van der Waals surface area contributed by atoms with Gasteiger partial charge in [-0.25, -0.2) is 4.98 Å². The summed E-state index contributed by atoms with van der Waals surface area (Å²) < 4.78 is 5.77. The summed E-state index contributed by atoms with van der Waals surface area (Å²) in [4.78, 5) is 21.8. The molecule has 0 saturated carbocycles. The smallest absolute Gasteiger partial charge is 0.224 e. The summed E-state index contributed by atoms with van der Waals surface area (Å²) in [6, 6.07) is 15.9. The molecule has 1 aliphatic rings. The number of benzene rings is 2. The predicted molar refractivity (Wildman–Crippen MR) is 104 cm³/mol. The molecular weight excluding hydrogens is 340 g/mol. The van der Waals surface area contributed by atoms with Crippen molar-refractivity contribution in [1.82, 2.24) is 15.3 Å². The lowest BCUT2D eigenvalue weighted by atomic mass is 10.1. The highest BCUT2D eigenvalue weighted by Gasteiger charge is 2.19. The van der Waals surface area contributed by atoms with Crippen molar-refractivity contribution in [3.63, 3.8) is 0 Å². The second-order valence-corrected chi connectivity index (χ2v) is 6.57. The van der Waals surface area contributed by atoms with E-state index in [-0.39, 0.29) is 5.91 Å². The zero-order chi connectivity index (χ0) is 18.5. The third-order valence-corrected chi connectivity index (χ3v) is 4.59. The van der Waals surface area contributed by atoms with Crippen LogP contribution in [0.2, 0.25) is 0 Å². The molecule has 1 amide bonds. The number of nitrogens with zero attached hydrogens (tertiary/aromatic N) is 2. The fraction of sp³-hybridized carbons (Fsp3) is 0.238. The lowest BCUT2D eigenvalue weighted by Crippen LogP contribution is -2.32.